The first kappa shape index (κ1) is 11.1. The van der Waals surface area contributed by atoms with Crippen LogP contribution in [0.3, 0.4) is 0 Å². The van der Waals surface area contributed by atoms with Gasteiger partial charge in [-0.05, 0) is 13.0 Å². The average molecular weight is 231 g/mol. The molecule has 6 heteroatoms. The first-order valence-electron chi connectivity index (χ1n) is 4.73. The number of benzene rings is 1. The summed E-state index contributed by atoms with van der Waals surface area (Å²) >= 11 is 0. The molecule has 16 heavy (non-hydrogen) atoms. The van der Waals surface area contributed by atoms with Gasteiger partial charge in [0.15, 0.2) is 11.5 Å². The fourth-order valence-corrected chi connectivity index (χ4v) is 1.51. The van der Waals surface area contributed by atoms with E-state index in [4.69, 9.17) is 5.73 Å². The van der Waals surface area contributed by atoms with Gasteiger partial charge in [-0.2, -0.15) is 0 Å². The summed E-state index contributed by atoms with van der Waals surface area (Å²) in [5, 5.41) is 9.73. The van der Waals surface area contributed by atoms with Crippen molar-refractivity contribution in [2.24, 2.45) is 5.73 Å². The third-order valence-corrected chi connectivity index (χ3v) is 2.28. The number of aliphatic hydroxyl groups is 1. The third-order valence-electron chi connectivity index (χ3n) is 2.28. The van der Waals surface area contributed by atoms with Crippen LogP contribution in [0.1, 0.15) is 18.6 Å². The Morgan fingerprint density at radius 2 is 2.06 bits per heavy atom. The highest BCUT2D eigenvalue weighted by Gasteiger charge is 2.45. The third kappa shape index (κ3) is 1.81. The van der Waals surface area contributed by atoms with Crippen LogP contribution in [0.4, 0.5) is 8.78 Å². The molecular formula is C10H11F2NO3. The Morgan fingerprint density at radius 3 is 2.69 bits per heavy atom. The molecule has 0 aliphatic carbocycles. The molecule has 0 saturated carbocycles. The zero-order chi connectivity index (χ0) is 11.9. The van der Waals surface area contributed by atoms with Crippen molar-refractivity contribution in [1.82, 2.24) is 0 Å². The first-order chi connectivity index (χ1) is 7.41. The topological polar surface area (TPSA) is 64.7 Å². The van der Waals surface area contributed by atoms with Crippen LogP contribution in [0.25, 0.3) is 0 Å². The quantitative estimate of drug-likeness (QED) is 0.807. The number of aliphatic hydroxyl groups excluding tert-OH is 1. The highest BCUT2D eigenvalue weighted by molar-refractivity contribution is 5.50. The molecule has 1 aliphatic rings. The van der Waals surface area contributed by atoms with E-state index in [0.717, 1.165) is 0 Å². The molecule has 2 rings (SSSR count). The second-order valence-corrected chi connectivity index (χ2v) is 3.65. The van der Waals surface area contributed by atoms with E-state index < -0.39 is 18.4 Å². The van der Waals surface area contributed by atoms with Crippen molar-refractivity contribution < 1.29 is 23.4 Å². The van der Waals surface area contributed by atoms with Crippen LogP contribution in [0, 0.1) is 0 Å². The molecule has 0 amide bonds. The summed E-state index contributed by atoms with van der Waals surface area (Å²) in [5.74, 6) is -0.250. The standard InChI is InChI=1S/C10H11F2NO3/c1-5(13)8(14)6-3-2-4-7-9(6)16-10(11,12)15-7/h2-5,8,14H,13H2,1H3/t5-,8-/m1/s1. The van der Waals surface area contributed by atoms with E-state index in [0.29, 0.717) is 0 Å². The number of para-hydroxylation sites is 1. The van der Waals surface area contributed by atoms with Crippen molar-refractivity contribution >= 4 is 0 Å². The smallest absolute Gasteiger partial charge is 0.395 e. The number of ether oxygens (including phenoxy) is 2. The van der Waals surface area contributed by atoms with E-state index in [1.165, 1.54) is 18.2 Å². The van der Waals surface area contributed by atoms with E-state index >= 15 is 0 Å². The van der Waals surface area contributed by atoms with Gasteiger partial charge in [-0.3, -0.25) is 0 Å². The molecule has 1 heterocycles. The summed E-state index contributed by atoms with van der Waals surface area (Å²) in [6.07, 6.45) is -4.76. The Labute approximate surface area is 90.6 Å². The fourth-order valence-electron chi connectivity index (χ4n) is 1.51. The number of fused-ring (bicyclic) bond motifs is 1. The van der Waals surface area contributed by atoms with Crippen molar-refractivity contribution in [3.05, 3.63) is 23.8 Å². The van der Waals surface area contributed by atoms with E-state index in [2.05, 4.69) is 9.47 Å². The van der Waals surface area contributed by atoms with Crippen LogP contribution in [0.2, 0.25) is 0 Å². The SMILES string of the molecule is C[C@@H](N)[C@@H](O)c1cccc2c1OC(F)(F)O2. The molecule has 0 fully saturated rings. The molecule has 0 bridgehead atoms. The maximum atomic E-state index is 12.8. The van der Waals surface area contributed by atoms with Crippen LogP contribution in [0.15, 0.2) is 18.2 Å². The number of alkyl halides is 2. The van der Waals surface area contributed by atoms with Gasteiger partial charge in [0.05, 0.1) is 6.10 Å². The molecule has 1 aromatic rings. The number of hydrogen-bond acceptors (Lipinski definition) is 4. The summed E-state index contributed by atoms with van der Waals surface area (Å²) in [7, 11) is 0. The molecule has 4 nitrogen and oxygen atoms in total. The maximum Gasteiger partial charge on any atom is 0.586 e. The van der Waals surface area contributed by atoms with Crippen LogP contribution in [-0.4, -0.2) is 17.4 Å². The Bertz CT molecular complexity index is 409. The van der Waals surface area contributed by atoms with Gasteiger partial charge in [-0.25, -0.2) is 0 Å². The molecule has 0 saturated heterocycles. The molecule has 88 valence electrons. The molecule has 0 aromatic heterocycles. The van der Waals surface area contributed by atoms with Crippen molar-refractivity contribution in [1.29, 1.82) is 0 Å². The second-order valence-electron chi connectivity index (χ2n) is 3.65. The minimum absolute atomic E-state index is 0.0952. The first-order valence-corrected chi connectivity index (χ1v) is 4.73. The number of nitrogens with two attached hydrogens (primary N) is 1. The van der Waals surface area contributed by atoms with Gasteiger partial charge in [0.1, 0.15) is 0 Å². The summed E-state index contributed by atoms with van der Waals surface area (Å²) in [5.41, 5.74) is 5.69. The zero-order valence-corrected chi connectivity index (χ0v) is 8.48. The van der Waals surface area contributed by atoms with Crippen LogP contribution in [-0.2, 0) is 0 Å². The van der Waals surface area contributed by atoms with E-state index in [1.807, 2.05) is 0 Å². The lowest BCUT2D eigenvalue weighted by Gasteiger charge is -2.16. The maximum absolute atomic E-state index is 12.8. The summed E-state index contributed by atoms with van der Waals surface area (Å²) < 4.78 is 34.2. The molecule has 2 atom stereocenters. The van der Waals surface area contributed by atoms with Gasteiger partial charge in [0.2, 0.25) is 0 Å². The fraction of sp³-hybridized carbons (Fsp3) is 0.400. The van der Waals surface area contributed by atoms with Gasteiger partial charge in [-0.1, -0.05) is 12.1 Å². The molecule has 0 unspecified atom stereocenters. The van der Waals surface area contributed by atoms with E-state index in [-0.39, 0.29) is 17.1 Å². The average Bonchev–Trinajstić information content (AvgIpc) is 2.49. The molecule has 1 aliphatic heterocycles. The Kier molecular flexibility index (Phi) is 2.47. The number of rotatable bonds is 2. The normalized spacial score (nSPS) is 20.6. The number of halogens is 2. The van der Waals surface area contributed by atoms with Gasteiger partial charge < -0.3 is 20.3 Å². The highest BCUT2D eigenvalue weighted by Crippen LogP contribution is 2.45. The van der Waals surface area contributed by atoms with Crippen molar-refractivity contribution in [2.75, 3.05) is 0 Å². The lowest BCUT2D eigenvalue weighted by Crippen LogP contribution is -2.27. The monoisotopic (exact) mass is 231 g/mol. The molecule has 0 spiro atoms. The Balaban J connectivity index is 2.41. The highest BCUT2D eigenvalue weighted by atomic mass is 19.3. The molecule has 1 aromatic carbocycles. The summed E-state index contributed by atoms with van der Waals surface area (Å²) in [4.78, 5) is 0. The molecule has 0 radical (unpaired) electrons. The van der Waals surface area contributed by atoms with Crippen molar-refractivity contribution in [3.63, 3.8) is 0 Å². The second kappa shape index (κ2) is 3.57. The minimum Gasteiger partial charge on any atom is -0.395 e. The Morgan fingerprint density at radius 1 is 1.38 bits per heavy atom. The van der Waals surface area contributed by atoms with Gasteiger partial charge in [-0.15, -0.1) is 8.78 Å². The predicted molar refractivity (Wildman–Crippen MR) is 51.3 cm³/mol. The van der Waals surface area contributed by atoms with Gasteiger partial charge in [0.25, 0.3) is 0 Å². The molecular weight excluding hydrogens is 220 g/mol. The van der Waals surface area contributed by atoms with Crippen molar-refractivity contribution in [3.8, 4) is 11.5 Å². The van der Waals surface area contributed by atoms with Gasteiger partial charge in [0, 0.05) is 11.6 Å². The molecule has 3 N–H and O–H groups in total. The lowest BCUT2D eigenvalue weighted by molar-refractivity contribution is -0.287. The van der Waals surface area contributed by atoms with E-state index in [1.54, 1.807) is 6.92 Å². The predicted octanol–water partition coefficient (Wildman–Crippen LogP) is 1.39. The Hall–Kier alpha value is -1.40. The van der Waals surface area contributed by atoms with Gasteiger partial charge >= 0.3 is 6.29 Å². The van der Waals surface area contributed by atoms with Crippen LogP contribution < -0.4 is 15.2 Å². The van der Waals surface area contributed by atoms with E-state index in [9.17, 15) is 13.9 Å². The van der Waals surface area contributed by atoms with Crippen LogP contribution >= 0.6 is 0 Å². The largest absolute Gasteiger partial charge is 0.586 e. The minimum atomic E-state index is -3.68. The zero-order valence-electron chi connectivity index (χ0n) is 8.48. The summed E-state index contributed by atoms with van der Waals surface area (Å²) in [6.45, 7) is 1.57. The summed E-state index contributed by atoms with van der Waals surface area (Å²) in [6, 6.07) is 3.71. The van der Waals surface area contributed by atoms with Crippen LogP contribution in [0.5, 0.6) is 11.5 Å². The van der Waals surface area contributed by atoms with Crippen molar-refractivity contribution in [2.45, 2.75) is 25.4 Å². The lowest BCUT2D eigenvalue weighted by atomic mass is 10.0. The number of hydrogen-bond donors (Lipinski definition) is 2.